The van der Waals surface area contributed by atoms with Crippen molar-refractivity contribution in [3.8, 4) is 0 Å². The van der Waals surface area contributed by atoms with Gasteiger partial charge < -0.3 is 4.57 Å². The lowest BCUT2D eigenvalue weighted by atomic mass is 10.1. The molecule has 0 unspecified atom stereocenters. The molecule has 0 saturated carbocycles. The van der Waals surface area contributed by atoms with E-state index < -0.39 is 0 Å². The molecule has 1 aliphatic rings. The van der Waals surface area contributed by atoms with Gasteiger partial charge in [-0.2, -0.15) is 0 Å². The van der Waals surface area contributed by atoms with E-state index >= 15 is 0 Å². The Bertz CT molecular complexity index is 497. The molecule has 0 saturated heterocycles. The molecule has 2 aromatic rings. The number of rotatable bonds is 2. The van der Waals surface area contributed by atoms with Crippen LogP contribution in [0, 0.1) is 0 Å². The highest BCUT2D eigenvalue weighted by atomic mass is 15.0. The zero-order valence-electron chi connectivity index (χ0n) is 8.30. The summed E-state index contributed by atoms with van der Waals surface area (Å²) in [6.45, 7) is 0.842. The third-order valence-electron chi connectivity index (χ3n) is 2.59. The number of para-hydroxylation sites is 1. The van der Waals surface area contributed by atoms with Crippen LogP contribution in [-0.2, 0) is 13.0 Å². The van der Waals surface area contributed by atoms with Crippen molar-refractivity contribution in [2.75, 3.05) is 0 Å². The molecule has 1 aromatic carbocycles. The Balaban J connectivity index is 1.83. The third kappa shape index (κ3) is 1.56. The second kappa shape index (κ2) is 3.35. The summed E-state index contributed by atoms with van der Waals surface area (Å²) < 4.78 is 2.05. The van der Waals surface area contributed by atoms with E-state index in [-0.39, 0.29) is 0 Å². The maximum absolute atomic E-state index is 4.59. The SMILES string of the molecule is c1ccc2c(c1)CC(Cn1ccnc1)=N2. The van der Waals surface area contributed by atoms with Crippen molar-refractivity contribution in [1.29, 1.82) is 0 Å². The highest BCUT2D eigenvalue weighted by Crippen LogP contribution is 2.26. The number of benzene rings is 1. The average molecular weight is 197 g/mol. The van der Waals surface area contributed by atoms with Crippen LogP contribution < -0.4 is 0 Å². The number of imidazole rings is 1. The van der Waals surface area contributed by atoms with E-state index in [4.69, 9.17) is 0 Å². The van der Waals surface area contributed by atoms with Crippen molar-refractivity contribution < 1.29 is 0 Å². The van der Waals surface area contributed by atoms with Crippen molar-refractivity contribution in [2.45, 2.75) is 13.0 Å². The zero-order chi connectivity index (χ0) is 10.1. The smallest absolute Gasteiger partial charge is 0.0949 e. The first-order chi connectivity index (χ1) is 7.42. The Labute approximate surface area is 88.1 Å². The first kappa shape index (κ1) is 8.41. The predicted molar refractivity (Wildman–Crippen MR) is 59.5 cm³/mol. The van der Waals surface area contributed by atoms with Gasteiger partial charge >= 0.3 is 0 Å². The van der Waals surface area contributed by atoms with Crippen molar-refractivity contribution in [2.24, 2.45) is 4.99 Å². The van der Waals surface area contributed by atoms with Gasteiger partial charge in [-0.05, 0) is 11.6 Å². The lowest BCUT2D eigenvalue weighted by Gasteiger charge is -2.00. The molecule has 74 valence electrons. The Morgan fingerprint density at radius 2 is 2.20 bits per heavy atom. The molecule has 0 N–H and O–H groups in total. The predicted octanol–water partition coefficient (Wildman–Crippen LogP) is 2.21. The summed E-state index contributed by atoms with van der Waals surface area (Å²) in [6, 6.07) is 8.30. The molecule has 15 heavy (non-hydrogen) atoms. The van der Waals surface area contributed by atoms with Gasteiger partial charge in [-0.1, -0.05) is 18.2 Å². The summed E-state index contributed by atoms with van der Waals surface area (Å²) in [5.41, 5.74) is 3.65. The zero-order valence-corrected chi connectivity index (χ0v) is 8.30. The van der Waals surface area contributed by atoms with Gasteiger partial charge in [0.2, 0.25) is 0 Å². The number of nitrogens with zero attached hydrogens (tertiary/aromatic N) is 3. The highest BCUT2D eigenvalue weighted by Gasteiger charge is 2.13. The fraction of sp³-hybridized carbons (Fsp3) is 0.167. The summed E-state index contributed by atoms with van der Waals surface area (Å²) >= 11 is 0. The standard InChI is InChI=1S/C12H11N3/c1-2-4-12-10(3-1)7-11(14-12)8-15-6-5-13-9-15/h1-6,9H,7-8H2. The molecule has 0 radical (unpaired) electrons. The average Bonchev–Trinajstić information content (AvgIpc) is 2.86. The molecular formula is C12H11N3. The molecule has 0 bridgehead atoms. The van der Waals surface area contributed by atoms with Crippen LogP contribution in [0.15, 0.2) is 48.0 Å². The Hall–Kier alpha value is -1.90. The normalized spacial score (nSPS) is 13.7. The maximum Gasteiger partial charge on any atom is 0.0949 e. The van der Waals surface area contributed by atoms with Gasteiger partial charge in [0.05, 0.1) is 18.6 Å². The Kier molecular flexibility index (Phi) is 1.88. The Morgan fingerprint density at radius 3 is 3.00 bits per heavy atom. The van der Waals surface area contributed by atoms with Crippen molar-refractivity contribution in [3.05, 3.63) is 48.5 Å². The molecule has 3 nitrogen and oxygen atoms in total. The van der Waals surface area contributed by atoms with E-state index in [1.807, 2.05) is 23.2 Å². The minimum absolute atomic E-state index is 0.842. The Morgan fingerprint density at radius 1 is 1.27 bits per heavy atom. The molecule has 0 spiro atoms. The van der Waals surface area contributed by atoms with Crippen LogP contribution in [0.4, 0.5) is 5.69 Å². The van der Waals surface area contributed by atoms with Gasteiger partial charge in [0.15, 0.2) is 0 Å². The topological polar surface area (TPSA) is 30.2 Å². The van der Waals surface area contributed by atoms with Crippen LogP contribution in [-0.4, -0.2) is 15.3 Å². The number of hydrogen-bond donors (Lipinski definition) is 0. The van der Waals surface area contributed by atoms with E-state index in [1.165, 1.54) is 11.3 Å². The van der Waals surface area contributed by atoms with Crippen LogP contribution in [0.2, 0.25) is 0 Å². The molecular weight excluding hydrogens is 186 g/mol. The van der Waals surface area contributed by atoms with E-state index in [9.17, 15) is 0 Å². The van der Waals surface area contributed by atoms with Gasteiger partial charge in [0.25, 0.3) is 0 Å². The highest BCUT2D eigenvalue weighted by molar-refractivity contribution is 5.93. The summed E-state index contributed by atoms with van der Waals surface area (Å²) in [6.07, 6.45) is 6.55. The summed E-state index contributed by atoms with van der Waals surface area (Å²) in [5, 5.41) is 0. The minimum Gasteiger partial charge on any atom is -0.332 e. The minimum atomic E-state index is 0.842. The first-order valence-corrected chi connectivity index (χ1v) is 5.02. The van der Waals surface area contributed by atoms with Crippen molar-refractivity contribution in [3.63, 3.8) is 0 Å². The van der Waals surface area contributed by atoms with E-state index in [0.717, 1.165) is 18.7 Å². The van der Waals surface area contributed by atoms with Crippen LogP contribution >= 0.6 is 0 Å². The summed E-state index contributed by atoms with van der Waals surface area (Å²) in [4.78, 5) is 8.62. The molecule has 3 heteroatoms. The monoisotopic (exact) mass is 197 g/mol. The third-order valence-corrected chi connectivity index (χ3v) is 2.59. The summed E-state index contributed by atoms with van der Waals surface area (Å²) in [7, 11) is 0. The number of aliphatic imine (C=N–C) groups is 1. The van der Waals surface area contributed by atoms with Gasteiger partial charge in [0.1, 0.15) is 0 Å². The molecule has 0 atom stereocenters. The van der Waals surface area contributed by atoms with E-state index in [1.54, 1.807) is 6.20 Å². The van der Waals surface area contributed by atoms with Gasteiger partial charge in [-0.3, -0.25) is 4.99 Å². The van der Waals surface area contributed by atoms with Crippen LogP contribution in [0.1, 0.15) is 5.56 Å². The van der Waals surface area contributed by atoms with Gasteiger partial charge in [-0.25, -0.2) is 4.98 Å². The van der Waals surface area contributed by atoms with Crippen molar-refractivity contribution >= 4 is 11.4 Å². The quantitative estimate of drug-likeness (QED) is 0.726. The largest absolute Gasteiger partial charge is 0.332 e. The van der Waals surface area contributed by atoms with E-state index in [0.29, 0.717) is 0 Å². The molecule has 0 fully saturated rings. The molecule has 1 aliphatic heterocycles. The van der Waals surface area contributed by atoms with Crippen molar-refractivity contribution in [1.82, 2.24) is 9.55 Å². The van der Waals surface area contributed by atoms with Crippen LogP contribution in [0.25, 0.3) is 0 Å². The number of fused-ring (bicyclic) bond motifs is 1. The van der Waals surface area contributed by atoms with E-state index in [2.05, 4.69) is 28.2 Å². The lowest BCUT2D eigenvalue weighted by molar-refractivity contribution is 0.843. The molecule has 0 amide bonds. The second-order valence-electron chi connectivity index (χ2n) is 3.72. The molecule has 1 aromatic heterocycles. The fourth-order valence-electron chi connectivity index (χ4n) is 1.88. The number of aromatic nitrogens is 2. The first-order valence-electron chi connectivity index (χ1n) is 5.02. The lowest BCUT2D eigenvalue weighted by Crippen LogP contribution is -2.08. The second-order valence-corrected chi connectivity index (χ2v) is 3.72. The van der Waals surface area contributed by atoms with Gasteiger partial charge in [0, 0.05) is 24.5 Å². The molecule has 0 aliphatic carbocycles. The van der Waals surface area contributed by atoms with Crippen LogP contribution in [0.5, 0.6) is 0 Å². The summed E-state index contributed by atoms with van der Waals surface area (Å²) in [5.74, 6) is 0. The maximum atomic E-state index is 4.59. The fourth-order valence-corrected chi connectivity index (χ4v) is 1.88. The number of hydrogen-bond acceptors (Lipinski definition) is 2. The van der Waals surface area contributed by atoms with Gasteiger partial charge in [-0.15, -0.1) is 0 Å². The molecule has 3 rings (SSSR count). The molecule has 2 heterocycles. The van der Waals surface area contributed by atoms with Crippen LogP contribution in [0.3, 0.4) is 0 Å².